The van der Waals surface area contributed by atoms with E-state index in [2.05, 4.69) is 23.3 Å². The fourth-order valence-electron chi connectivity index (χ4n) is 2.15. The zero-order chi connectivity index (χ0) is 22.7. The van der Waals surface area contributed by atoms with Crippen LogP contribution in [0, 0.1) is 5.92 Å². The van der Waals surface area contributed by atoms with Crippen LogP contribution in [0.1, 0.15) is 26.7 Å². The van der Waals surface area contributed by atoms with Crippen LogP contribution in [0.3, 0.4) is 0 Å². The van der Waals surface area contributed by atoms with E-state index in [0.717, 1.165) is 0 Å². The Morgan fingerprint density at radius 3 is 1.93 bits per heavy atom. The van der Waals surface area contributed by atoms with Gasteiger partial charge in [-0.1, -0.05) is 20.3 Å². The second kappa shape index (κ2) is 13.0. The van der Waals surface area contributed by atoms with E-state index in [1.165, 1.54) is 0 Å². The van der Waals surface area contributed by atoms with Gasteiger partial charge in [-0.3, -0.25) is 19.2 Å². The number of hydrogen-bond donors (Lipinski definition) is 8. The van der Waals surface area contributed by atoms with Gasteiger partial charge in [0.25, 0.3) is 0 Å². The lowest BCUT2D eigenvalue weighted by molar-refractivity contribution is -0.147. The highest BCUT2D eigenvalue weighted by Crippen LogP contribution is 2.09. The molecule has 3 amide bonds. The average molecular weight is 436 g/mol. The molecule has 0 rings (SSSR count). The Balaban J connectivity index is 5.26. The number of carbonyl (C=O) groups excluding carboxylic acids is 3. The Bertz CT molecular complexity index is 618. The third-order valence-corrected chi connectivity index (χ3v) is 4.53. The number of thiol groups is 1. The van der Waals surface area contributed by atoms with Crippen LogP contribution in [0.2, 0.25) is 0 Å². The highest BCUT2D eigenvalue weighted by atomic mass is 32.1. The third-order valence-electron chi connectivity index (χ3n) is 4.14. The Morgan fingerprint density at radius 2 is 1.52 bits per heavy atom. The first-order valence-corrected chi connectivity index (χ1v) is 9.44. The fourth-order valence-corrected chi connectivity index (χ4v) is 2.31. The van der Waals surface area contributed by atoms with Crippen LogP contribution in [0.15, 0.2) is 0 Å². The molecule has 0 heterocycles. The zero-order valence-corrected chi connectivity index (χ0v) is 17.0. The van der Waals surface area contributed by atoms with Gasteiger partial charge in [0.05, 0.1) is 19.1 Å². The lowest BCUT2D eigenvalue weighted by Gasteiger charge is -2.27. The van der Waals surface area contributed by atoms with Crippen molar-refractivity contribution in [2.75, 3.05) is 12.4 Å². The number of carboxylic acids is 2. The molecule has 8 N–H and O–H groups in total. The van der Waals surface area contributed by atoms with Gasteiger partial charge in [-0.15, -0.1) is 0 Å². The normalized spacial score (nSPS) is 15.9. The number of carbonyl (C=O) groups is 5. The Kier molecular flexibility index (Phi) is 11.9. The molecule has 5 atom stereocenters. The predicted octanol–water partition coefficient (Wildman–Crippen LogP) is -2.70. The topological polar surface area (TPSA) is 208 Å². The van der Waals surface area contributed by atoms with Crippen molar-refractivity contribution in [3.05, 3.63) is 0 Å². The van der Waals surface area contributed by atoms with Crippen molar-refractivity contribution in [2.45, 2.75) is 50.9 Å². The first-order chi connectivity index (χ1) is 13.5. The molecule has 0 aromatic rings. The summed E-state index contributed by atoms with van der Waals surface area (Å²) in [6, 6.07) is -5.33. The van der Waals surface area contributed by atoms with Gasteiger partial charge < -0.3 is 37.0 Å². The maximum absolute atomic E-state index is 12.6. The molecule has 0 aliphatic carbocycles. The minimum absolute atomic E-state index is 0.0442. The summed E-state index contributed by atoms with van der Waals surface area (Å²) in [5, 5.41) is 33.7. The van der Waals surface area contributed by atoms with Crippen LogP contribution in [-0.2, 0) is 24.0 Å². The minimum atomic E-state index is -1.75. The number of aliphatic hydroxyl groups is 1. The first-order valence-electron chi connectivity index (χ1n) is 8.81. The Labute approximate surface area is 173 Å². The molecule has 13 heteroatoms. The monoisotopic (exact) mass is 436 g/mol. The highest BCUT2D eigenvalue weighted by Gasteiger charge is 2.32. The molecule has 5 unspecified atom stereocenters. The van der Waals surface area contributed by atoms with E-state index in [1.54, 1.807) is 13.8 Å². The van der Waals surface area contributed by atoms with Gasteiger partial charge in [0.2, 0.25) is 17.7 Å². The summed E-state index contributed by atoms with van der Waals surface area (Å²) < 4.78 is 0. The first kappa shape index (κ1) is 26.6. The number of amides is 3. The Morgan fingerprint density at radius 1 is 0.966 bits per heavy atom. The molecular formula is C16H28N4O8S. The van der Waals surface area contributed by atoms with Gasteiger partial charge in [-0.2, -0.15) is 12.6 Å². The summed E-state index contributed by atoms with van der Waals surface area (Å²) in [5.74, 6) is -5.86. The molecule has 29 heavy (non-hydrogen) atoms. The van der Waals surface area contributed by atoms with E-state index in [-0.39, 0.29) is 11.7 Å². The smallest absolute Gasteiger partial charge is 0.326 e. The molecule has 0 aliphatic heterocycles. The number of carboxylic acid groups (broad SMARTS) is 2. The van der Waals surface area contributed by atoms with E-state index >= 15 is 0 Å². The minimum Gasteiger partial charge on any atom is -0.481 e. The largest absolute Gasteiger partial charge is 0.481 e. The van der Waals surface area contributed by atoms with Crippen molar-refractivity contribution >= 4 is 42.3 Å². The van der Waals surface area contributed by atoms with Gasteiger partial charge >= 0.3 is 11.9 Å². The van der Waals surface area contributed by atoms with Crippen LogP contribution in [0.4, 0.5) is 0 Å². The number of aliphatic hydroxyl groups excluding tert-OH is 1. The maximum Gasteiger partial charge on any atom is 0.326 e. The van der Waals surface area contributed by atoms with E-state index in [0.29, 0.717) is 6.42 Å². The molecule has 0 radical (unpaired) electrons. The van der Waals surface area contributed by atoms with Crippen LogP contribution >= 0.6 is 12.6 Å². The number of hydrogen-bond acceptors (Lipinski definition) is 8. The summed E-state index contributed by atoms with van der Waals surface area (Å²) in [4.78, 5) is 58.5. The molecule has 0 fully saturated rings. The molecule has 12 nitrogen and oxygen atoms in total. The molecule has 0 spiro atoms. The van der Waals surface area contributed by atoms with Crippen molar-refractivity contribution in [1.29, 1.82) is 0 Å². The number of aliphatic carboxylic acids is 2. The molecule has 166 valence electrons. The van der Waals surface area contributed by atoms with E-state index in [4.69, 9.17) is 15.9 Å². The highest BCUT2D eigenvalue weighted by molar-refractivity contribution is 7.80. The summed E-state index contributed by atoms with van der Waals surface area (Å²) in [5.41, 5.74) is 5.58. The number of rotatable bonds is 13. The van der Waals surface area contributed by atoms with Gasteiger partial charge in [-0.05, 0) is 5.92 Å². The summed E-state index contributed by atoms with van der Waals surface area (Å²) in [7, 11) is 0. The Hall–Kier alpha value is -2.38. The number of nitrogens with two attached hydrogens (primary N) is 1. The SMILES string of the molecule is CCC(C)C(NC(=O)C(N)CS)C(=O)NC(CO)C(=O)NC(CC(=O)O)C(=O)O. The molecule has 0 aromatic carbocycles. The molecule has 0 saturated carbocycles. The van der Waals surface area contributed by atoms with Crippen LogP contribution in [0.5, 0.6) is 0 Å². The van der Waals surface area contributed by atoms with Crippen LogP contribution < -0.4 is 21.7 Å². The fraction of sp³-hybridized carbons (Fsp3) is 0.688. The van der Waals surface area contributed by atoms with Crippen LogP contribution in [0.25, 0.3) is 0 Å². The van der Waals surface area contributed by atoms with Crippen LogP contribution in [-0.4, -0.2) is 81.5 Å². The van der Waals surface area contributed by atoms with Crippen molar-refractivity contribution < 1.29 is 39.3 Å². The second-order valence-electron chi connectivity index (χ2n) is 6.40. The van der Waals surface area contributed by atoms with Gasteiger partial charge in [0.1, 0.15) is 18.1 Å². The quantitative estimate of drug-likeness (QED) is 0.141. The van der Waals surface area contributed by atoms with E-state index in [1.807, 2.05) is 5.32 Å². The lowest BCUT2D eigenvalue weighted by atomic mass is 9.97. The molecule has 0 aliphatic rings. The maximum atomic E-state index is 12.6. The summed E-state index contributed by atoms with van der Waals surface area (Å²) >= 11 is 3.91. The van der Waals surface area contributed by atoms with Crippen molar-refractivity contribution in [3.63, 3.8) is 0 Å². The van der Waals surface area contributed by atoms with E-state index < -0.39 is 66.9 Å². The summed E-state index contributed by atoms with van der Waals surface area (Å²) in [6.07, 6.45) is -0.398. The van der Waals surface area contributed by atoms with Crippen molar-refractivity contribution in [3.8, 4) is 0 Å². The zero-order valence-electron chi connectivity index (χ0n) is 16.1. The standard InChI is InChI=1S/C16H28N4O8S/c1-3-7(2)12(20-13(24)8(17)6-29)15(26)19-10(5-21)14(25)18-9(16(27)28)4-11(22)23/h7-10,12,21,29H,3-6,17H2,1-2H3,(H,18,25)(H,19,26)(H,20,24)(H,22,23)(H,27,28). The van der Waals surface area contributed by atoms with Gasteiger partial charge in [0, 0.05) is 5.75 Å². The second-order valence-corrected chi connectivity index (χ2v) is 6.77. The van der Waals surface area contributed by atoms with E-state index in [9.17, 15) is 29.1 Å². The average Bonchev–Trinajstić information content (AvgIpc) is 2.67. The third kappa shape index (κ3) is 9.11. The molecule has 0 saturated heterocycles. The molecule has 0 bridgehead atoms. The lowest BCUT2D eigenvalue weighted by Crippen LogP contribution is -2.59. The van der Waals surface area contributed by atoms with Crippen molar-refractivity contribution in [2.24, 2.45) is 11.7 Å². The van der Waals surface area contributed by atoms with Gasteiger partial charge in [-0.25, -0.2) is 4.79 Å². The summed E-state index contributed by atoms with van der Waals surface area (Å²) in [6.45, 7) is 2.57. The molecule has 0 aromatic heterocycles. The molecular weight excluding hydrogens is 408 g/mol. The van der Waals surface area contributed by atoms with Crippen molar-refractivity contribution in [1.82, 2.24) is 16.0 Å². The number of nitrogens with one attached hydrogen (secondary N) is 3. The predicted molar refractivity (Wildman–Crippen MR) is 104 cm³/mol. The van der Waals surface area contributed by atoms with Gasteiger partial charge in [0.15, 0.2) is 0 Å².